The maximum absolute atomic E-state index is 13.2. The molecule has 25 heavy (non-hydrogen) atoms. The van der Waals surface area contributed by atoms with Crippen LogP contribution in [0.4, 0.5) is 5.69 Å². The molecule has 0 heterocycles. The van der Waals surface area contributed by atoms with Crippen LogP contribution in [0.3, 0.4) is 0 Å². The molecule has 0 atom stereocenters. The molecule has 0 N–H and O–H groups in total. The minimum absolute atomic E-state index is 0.198. The highest BCUT2D eigenvalue weighted by Crippen LogP contribution is 2.32. The molecule has 0 aliphatic rings. The molecule has 0 unspecified atom stereocenters. The summed E-state index contributed by atoms with van der Waals surface area (Å²) in [6.07, 6.45) is 0. The Morgan fingerprint density at radius 1 is 0.920 bits per heavy atom. The number of benzene rings is 3. The summed E-state index contributed by atoms with van der Waals surface area (Å²) < 4.78 is 5.42. The smallest absolute Gasteiger partial charge is 0.308 e. The molecule has 4 heteroatoms. The maximum Gasteiger partial charge on any atom is 0.308 e. The lowest BCUT2D eigenvalue weighted by Crippen LogP contribution is -2.31. The summed E-state index contributed by atoms with van der Waals surface area (Å²) in [5.74, 6) is -0.339. The van der Waals surface area contributed by atoms with E-state index in [1.807, 2.05) is 67.6 Å². The topological polar surface area (TPSA) is 46.6 Å². The zero-order valence-electron chi connectivity index (χ0n) is 14.2. The minimum Gasteiger partial charge on any atom is -0.425 e. The number of carbonyl (C=O) groups excluding carboxylic acids is 2. The molecule has 1 amide bonds. The number of para-hydroxylation sites is 1. The SMILES string of the molecule is CCN(C(=O)c1ccc2ccccc2c1OC(C)=O)c1ccccc1. The molecular formula is C21H19NO3. The molecule has 0 aliphatic heterocycles. The van der Waals surface area contributed by atoms with Crippen molar-refractivity contribution in [3.05, 3.63) is 72.3 Å². The highest BCUT2D eigenvalue weighted by molar-refractivity contribution is 6.11. The third kappa shape index (κ3) is 3.38. The van der Waals surface area contributed by atoms with Gasteiger partial charge in [0.1, 0.15) is 0 Å². The third-order valence-corrected chi connectivity index (χ3v) is 3.99. The number of fused-ring (bicyclic) bond motifs is 1. The van der Waals surface area contributed by atoms with Crippen LogP contribution < -0.4 is 9.64 Å². The van der Waals surface area contributed by atoms with Gasteiger partial charge >= 0.3 is 5.97 Å². The molecule has 3 aromatic carbocycles. The van der Waals surface area contributed by atoms with E-state index in [1.165, 1.54) is 6.92 Å². The Kier molecular flexibility index (Phi) is 4.80. The van der Waals surface area contributed by atoms with Gasteiger partial charge in [-0.15, -0.1) is 0 Å². The van der Waals surface area contributed by atoms with Gasteiger partial charge in [0.25, 0.3) is 5.91 Å². The second-order valence-electron chi connectivity index (χ2n) is 5.64. The van der Waals surface area contributed by atoms with Crippen molar-refractivity contribution in [1.29, 1.82) is 0 Å². The fraction of sp³-hybridized carbons (Fsp3) is 0.143. The lowest BCUT2D eigenvalue weighted by Gasteiger charge is -2.22. The quantitative estimate of drug-likeness (QED) is 0.524. The number of hydrogen-bond donors (Lipinski definition) is 0. The predicted octanol–water partition coefficient (Wildman–Crippen LogP) is 4.43. The number of ether oxygens (including phenoxy) is 1. The van der Waals surface area contributed by atoms with Crippen LogP contribution in [-0.2, 0) is 4.79 Å². The molecule has 0 aliphatic carbocycles. The molecule has 0 aromatic heterocycles. The molecular weight excluding hydrogens is 314 g/mol. The molecule has 0 spiro atoms. The van der Waals surface area contributed by atoms with Crippen molar-refractivity contribution in [2.75, 3.05) is 11.4 Å². The summed E-state index contributed by atoms with van der Waals surface area (Å²) in [7, 11) is 0. The Labute approximate surface area is 146 Å². The van der Waals surface area contributed by atoms with Gasteiger partial charge in [-0.25, -0.2) is 0 Å². The lowest BCUT2D eigenvalue weighted by molar-refractivity contribution is -0.131. The number of nitrogens with zero attached hydrogens (tertiary/aromatic N) is 1. The molecule has 3 aromatic rings. The number of esters is 1. The summed E-state index contributed by atoms with van der Waals surface area (Å²) in [6, 6.07) is 20.6. The first-order valence-electron chi connectivity index (χ1n) is 8.19. The van der Waals surface area contributed by atoms with Gasteiger partial charge in [-0.05, 0) is 30.5 Å². The number of anilines is 1. The number of carbonyl (C=O) groups is 2. The summed E-state index contributed by atoms with van der Waals surface area (Å²) >= 11 is 0. The normalized spacial score (nSPS) is 10.5. The second kappa shape index (κ2) is 7.18. The van der Waals surface area contributed by atoms with Crippen LogP contribution in [0.2, 0.25) is 0 Å². The molecule has 0 bridgehead atoms. The first-order chi connectivity index (χ1) is 12.1. The summed E-state index contributed by atoms with van der Waals surface area (Å²) in [4.78, 5) is 26.4. The maximum atomic E-state index is 13.2. The molecule has 0 radical (unpaired) electrons. The monoisotopic (exact) mass is 333 g/mol. The van der Waals surface area contributed by atoms with Crippen LogP contribution in [0, 0.1) is 0 Å². The van der Waals surface area contributed by atoms with Gasteiger partial charge in [0.2, 0.25) is 0 Å². The fourth-order valence-electron chi connectivity index (χ4n) is 2.86. The van der Waals surface area contributed by atoms with Gasteiger partial charge in [-0.2, -0.15) is 0 Å². The van der Waals surface area contributed by atoms with Gasteiger partial charge < -0.3 is 9.64 Å². The highest BCUT2D eigenvalue weighted by atomic mass is 16.5. The van der Waals surface area contributed by atoms with Gasteiger partial charge in [0.05, 0.1) is 5.56 Å². The fourth-order valence-corrected chi connectivity index (χ4v) is 2.86. The minimum atomic E-state index is -0.451. The van der Waals surface area contributed by atoms with Crippen molar-refractivity contribution in [1.82, 2.24) is 0 Å². The number of hydrogen-bond acceptors (Lipinski definition) is 3. The van der Waals surface area contributed by atoms with Gasteiger partial charge in [0, 0.05) is 24.5 Å². The van der Waals surface area contributed by atoms with E-state index >= 15 is 0 Å². The van der Waals surface area contributed by atoms with Crippen molar-refractivity contribution in [2.45, 2.75) is 13.8 Å². The number of amides is 1. The van der Waals surface area contributed by atoms with Crippen molar-refractivity contribution in [3.63, 3.8) is 0 Å². The summed E-state index contributed by atoms with van der Waals surface area (Å²) in [5, 5.41) is 1.66. The van der Waals surface area contributed by atoms with E-state index in [2.05, 4.69) is 0 Å². The summed E-state index contributed by atoms with van der Waals surface area (Å²) in [5.41, 5.74) is 1.18. The van der Waals surface area contributed by atoms with Crippen molar-refractivity contribution in [3.8, 4) is 5.75 Å². The van der Waals surface area contributed by atoms with E-state index in [4.69, 9.17) is 4.74 Å². The van der Waals surface area contributed by atoms with Crippen molar-refractivity contribution < 1.29 is 14.3 Å². The zero-order valence-corrected chi connectivity index (χ0v) is 14.2. The lowest BCUT2D eigenvalue weighted by atomic mass is 10.0. The summed E-state index contributed by atoms with van der Waals surface area (Å²) in [6.45, 7) is 3.76. The van der Waals surface area contributed by atoms with Crippen LogP contribution >= 0.6 is 0 Å². The Morgan fingerprint density at radius 2 is 1.60 bits per heavy atom. The van der Waals surface area contributed by atoms with Gasteiger partial charge in [-0.1, -0.05) is 48.5 Å². The number of rotatable bonds is 4. The van der Waals surface area contributed by atoms with E-state index in [0.717, 1.165) is 16.5 Å². The van der Waals surface area contributed by atoms with Crippen LogP contribution in [0.1, 0.15) is 24.2 Å². The second-order valence-corrected chi connectivity index (χ2v) is 5.64. The van der Waals surface area contributed by atoms with Crippen molar-refractivity contribution in [2.24, 2.45) is 0 Å². The van der Waals surface area contributed by atoms with Gasteiger partial charge in [0.15, 0.2) is 5.75 Å². The average Bonchev–Trinajstić information content (AvgIpc) is 2.63. The van der Waals surface area contributed by atoms with Crippen LogP contribution in [-0.4, -0.2) is 18.4 Å². The van der Waals surface area contributed by atoms with Crippen LogP contribution in [0.5, 0.6) is 5.75 Å². The van der Waals surface area contributed by atoms with Gasteiger partial charge in [-0.3, -0.25) is 9.59 Å². The van der Waals surface area contributed by atoms with E-state index in [1.54, 1.807) is 11.0 Å². The molecule has 4 nitrogen and oxygen atoms in total. The van der Waals surface area contributed by atoms with E-state index in [0.29, 0.717) is 17.9 Å². The van der Waals surface area contributed by atoms with Crippen LogP contribution in [0.15, 0.2) is 66.7 Å². The highest BCUT2D eigenvalue weighted by Gasteiger charge is 2.22. The van der Waals surface area contributed by atoms with Crippen LogP contribution in [0.25, 0.3) is 10.8 Å². The zero-order chi connectivity index (χ0) is 17.8. The third-order valence-electron chi connectivity index (χ3n) is 3.99. The average molecular weight is 333 g/mol. The Bertz CT molecular complexity index is 919. The van der Waals surface area contributed by atoms with Crippen molar-refractivity contribution >= 4 is 28.3 Å². The van der Waals surface area contributed by atoms with E-state index in [9.17, 15) is 9.59 Å². The molecule has 0 fully saturated rings. The Hall–Kier alpha value is -3.14. The molecule has 3 rings (SSSR count). The Morgan fingerprint density at radius 3 is 2.28 bits per heavy atom. The first kappa shape index (κ1) is 16.7. The largest absolute Gasteiger partial charge is 0.425 e. The Balaban J connectivity index is 2.13. The first-order valence-corrected chi connectivity index (χ1v) is 8.19. The molecule has 0 saturated heterocycles. The van der Waals surface area contributed by atoms with E-state index in [-0.39, 0.29) is 5.91 Å². The predicted molar refractivity (Wildman–Crippen MR) is 99.0 cm³/mol. The van der Waals surface area contributed by atoms with E-state index < -0.39 is 5.97 Å². The molecule has 126 valence electrons. The standard InChI is InChI=1S/C21H19NO3/c1-3-22(17-10-5-4-6-11-17)21(24)19-14-13-16-9-7-8-12-18(16)20(19)25-15(2)23/h4-14H,3H2,1-2H3. The molecule has 0 saturated carbocycles.